The van der Waals surface area contributed by atoms with E-state index in [9.17, 15) is 10.2 Å². The van der Waals surface area contributed by atoms with E-state index in [1.54, 1.807) is 18.4 Å². The molecule has 1 fully saturated rings. The van der Waals surface area contributed by atoms with Crippen LogP contribution >= 0.6 is 11.6 Å². The minimum atomic E-state index is -1.25. The summed E-state index contributed by atoms with van der Waals surface area (Å²) in [4.78, 5) is 11.1. The molecule has 0 radical (unpaired) electrons. The third-order valence-electron chi connectivity index (χ3n) is 4.16. The van der Waals surface area contributed by atoms with Crippen LogP contribution in [-0.2, 0) is 4.74 Å². The predicted molar refractivity (Wildman–Crippen MR) is 87.9 cm³/mol. The number of aliphatic hydroxyl groups excluding tert-OH is 2. The molecule has 0 spiro atoms. The third kappa shape index (κ3) is 2.50. The van der Waals surface area contributed by atoms with Crippen LogP contribution in [0.25, 0.3) is 11.2 Å². The van der Waals surface area contributed by atoms with Crippen molar-refractivity contribution in [2.75, 3.05) is 12.3 Å². The molecule has 3 rings (SSSR count). The minimum absolute atomic E-state index is 0.0924. The van der Waals surface area contributed by atoms with Gasteiger partial charge in [-0.2, -0.15) is 4.98 Å². The van der Waals surface area contributed by atoms with Gasteiger partial charge in [-0.15, -0.1) is 5.92 Å². The van der Waals surface area contributed by atoms with Crippen LogP contribution in [0.4, 0.5) is 5.95 Å². The Hall–Kier alpha value is -1.92. The van der Waals surface area contributed by atoms with E-state index in [2.05, 4.69) is 26.8 Å². The lowest BCUT2D eigenvalue weighted by Gasteiger charge is -2.27. The van der Waals surface area contributed by atoms with Crippen LogP contribution < -0.4 is 5.73 Å². The summed E-state index contributed by atoms with van der Waals surface area (Å²) in [5.41, 5.74) is 6.63. The zero-order valence-corrected chi connectivity index (χ0v) is 14.0. The normalized spacial score (nSPS) is 31.0. The molecule has 128 valence electrons. The molecule has 2 aromatic heterocycles. The molecule has 3 heterocycles. The van der Waals surface area contributed by atoms with Crippen LogP contribution in [0, 0.1) is 17.8 Å². The lowest BCUT2D eigenvalue weighted by molar-refractivity contribution is -0.0662. The average molecular weight is 352 g/mol. The van der Waals surface area contributed by atoms with Gasteiger partial charge in [-0.05, 0) is 13.8 Å². The van der Waals surface area contributed by atoms with Crippen molar-refractivity contribution in [3.63, 3.8) is 0 Å². The minimum Gasteiger partial charge on any atom is -0.396 e. The van der Waals surface area contributed by atoms with E-state index < -0.39 is 29.2 Å². The molecular formula is C15H18ClN5O3. The molecule has 5 atom stereocenters. The zero-order valence-electron chi connectivity index (χ0n) is 13.2. The Morgan fingerprint density at radius 2 is 2.29 bits per heavy atom. The van der Waals surface area contributed by atoms with Crippen LogP contribution in [0.15, 0.2) is 12.5 Å². The van der Waals surface area contributed by atoms with Crippen molar-refractivity contribution >= 4 is 28.7 Å². The van der Waals surface area contributed by atoms with Gasteiger partial charge in [0.25, 0.3) is 0 Å². The number of rotatable bonds is 3. The number of aromatic nitrogens is 4. The second-order valence-corrected chi connectivity index (χ2v) is 6.34. The smallest absolute Gasteiger partial charge is 0.222 e. The molecule has 0 aromatic carbocycles. The molecule has 0 amide bonds. The van der Waals surface area contributed by atoms with Crippen molar-refractivity contribution in [3.05, 3.63) is 12.5 Å². The standard InChI is InChI=1S/C15H18ClN5O3/c1-3-4-15(16)9(6-22)11(8(2)23)24-13(15)21-7-19-10-5-18-14(17)20-12(10)21/h5,7-9,11,13,22-23H,6H2,1-2H3,(H2,17,18,20)/t8-,9?,11+,13+,15?/m0/s1. The first-order chi connectivity index (χ1) is 11.4. The molecule has 0 bridgehead atoms. The van der Waals surface area contributed by atoms with Gasteiger partial charge in [0, 0.05) is 5.92 Å². The fourth-order valence-corrected chi connectivity index (χ4v) is 3.52. The average Bonchev–Trinajstić information content (AvgIpc) is 3.05. The van der Waals surface area contributed by atoms with Crippen molar-refractivity contribution < 1.29 is 14.9 Å². The van der Waals surface area contributed by atoms with Crippen LogP contribution in [0.2, 0.25) is 0 Å². The number of fused-ring (bicyclic) bond motifs is 1. The number of halogens is 1. The number of nitrogen functional groups attached to an aromatic ring is 1. The summed E-state index contributed by atoms with van der Waals surface area (Å²) in [6.45, 7) is 2.95. The van der Waals surface area contributed by atoms with Crippen LogP contribution in [0.5, 0.6) is 0 Å². The Balaban J connectivity index is 2.16. The van der Waals surface area contributed by atoms with E-state index in [0.717, 1.165) is 0 Å². The summed E-state index contributed by atoms with van der Waals surface area (Å²) in [6.07, 6.45) is 0.688. The Kier molecular flexibility index (Phi) is 4.36. The Morgan fingerprint density at radius 1 is 1.54 bits per heavy atom. The molecule has 1 aliphatic rings. The molecule has 2 aromatic rings. The molecule has 9 heteroatoms. The van der Waals surface area contributed by atoms with E-state index in [-0.39, 0.29) is 12.6 Å². The van der Waals surface area contributed by atoms with Crippen molar-refractivity contribution in [1.82, 2.24) is 19.5 Å². The Labute approximate surface area is 143 Å². The van der Waals surface area contributed by atoms with Gasteiger partial charge in [0.15, 0.2) is 16.7 Å². The highest BCUT2D eigenvalue weighted by Crippen LogP contribution is 2.48. The van der Waals surface area contributed by atoms with E-state index in [1.807, 2.05) is 0 Å². The lowest BCUT2D eigenvalue weighted by Crippen LogP contribution is -2.40. The molecule has 8 nitrogen and oxygen atoms in total. The summed E-state index contributed by atoms with van der Waals surface area (Å²) in [6, 6.07) is 0. The maximum Gasteiger partial charge on any atom is 0.222 e. The van der Waals surface area contributed by atoms with Crippen molar-refractivity contribution in [2.45, 2.75) is 37.2 Å². The summed E-state index contributed by atoms with van der Waals surface area (Å²) in [5.74, 6) is 5.20. The molecule has 1 saturated heterocycles. The maximum atomic E-state index is 10.0. The van der Waals surface area contributed by atoms with Gasteiger partial charge in [-0.25, -0.2) is 9.97 Å². The van der Waals surface area contributed by atoms with E-state index >= 15 is 0 Å². The van der Waals surface area contributed by atoms with Gasteiger partial charge < -0.3 is 20.7 Å². The highest BCUT2D eigenvalue weighted by molar-refractivity contribution is 6.26. The monoisotopic (exact) mass is 351 g/mol. The number of imidazole rings is 1. The lowest BCUT2D eigenvalue weighted by atomic mass is 9.87. The van der Waals surface area contributed by atoms with Gasteiger partial charge >= 0.3 is 0 Å². The highest BCUT2D eigenvalue weighted by Gasteiger charge is 2.57. The third-order valence-corrected chi connectivity index (χ3v) is 4.72. The van der Waals surface area contributed by atoms with E-state index in [4.69, 9.17) is 22.1 Å². The topological polar surface area (TPSA) is 119 Å². The van der Waals surface area contributed by atoms with Crippen LogP contribution in [0.1, 0.15) is 20.1 Å². The number of nitrogens with zero attached hydrogens (tertiary/aromatic N) is 4. The first kappa shape index (κ1) is 16.9. The molecule has 0 saturated carbocycles. The van der Waals surface area contributed by atoms with Gasteiger partial charge in [0.1, 0.15) is 5.52 Å². The number of hydrogen-bond donors (Lipinski definition) is 3. The molecule has 4 N–H and O–H groups in total. The first-order valence-corrected chi connectivity index (χ1v) is 7.82. The summed E-state index contributed by atoms with van der Waals surface area (Å²) in [7, 11) is 0. The number of anilines is 1. The maximum absolute atomic E-state index is 10.0. The number of aliphatic hydroxyl groups is 2. The molecule has 0 aliphatic carbocycles. The number of alkyl halides is 1. The van der Waals surface area contributed by atoms with Crippen molar-refractivity contribution in [3.8, 4) is 11.8 Å². The van der Waals surface area contributed by atoms with E-state index in [0.29, 0.717) is 11.2 Å². The largest absolute Gasteiger partial charge is 0.396 e. The van der Waals surface area contributed by atoms with Gasteiger partial charge in [-0.1, -0.05) is 17.5 Å². The summed E-state index contributed by atoms with van der Waals surface area (Å²) < 4.78 is 7.57. The zero-order chi connectivity index (χ0) is 17.5. The quantitative estimate of drug-likeness (QED) is 0.537. The predicted octanol–water partition coefficient (Wildman–Crippen LogP) is 0.296. The van der Waals surface area contributed by atoms with Gasteiger partial charge in [0.2, 0.25) is 5.95 Å². The Morgan fingerprint density at radius 3 is 2.92 bits per heavy atom. The van der Waals surface area contributed by atoms with Crippen LogP contribution in [-0.4, -0.2) is 53.4 Å². The Bertz CT molecular complexity index is 814. The molecule has 1 aliphatic heterocycles. The highest BCUT2D eigenvalue weighted by atomic mass is 35.5. The first-order valence-electron chi connectivity index (χ1n) is 7.44. The van der Waals surface area contributed by atoms with Crippen molar-refractivity contribution in [2.24, 2.45) is 5.92 Å². The second-order valence-electron chi connectivity index (χ2n) is 5.71. The fourth-order valence-electron chi connectivity index (χ4n) is 3.08. The van der Waals surface area contributed by atoms with Crippen molar-refractivity contribution in [1.29, 1.82) is 0 Å². The summed E-state index contributed by atoms with van der Waals surface area (Å²) >= 11 is 6.78. The molecule has 2 unspecified atom stereocenters. The van der Waals surface area contributed by atoms with Gasteiger partial charge in [0.05, 0.1) is 31.3 Å². The number of hydrogen-bond acceptors (Lipinski definition) is 7. The number of nitrogens with two attached hydrogens (primary N) is 1. The fraction of sp³-hybridized carbons (Fsp3) is 0.533. The molecular weight excluding hydrogens is 334 g/mol. The van der Waals surface area contributed by atoms with Gasteiger partial charge in [-0.3, -0.25) is 4.57 Å². The number of ether oxygens (including phenoxy) is 1. The second kappa shape index (κ2) is 6.18. The van der Waals surface area contributed by atoms with E-state index in [1.165, 1.54) is 12.5 Å². The summed E-state index contributed by atoms with van der Waals surface area (Å²) in [5, 5.41) is 19.8. The molecule has 24 heavy (non-hydrogen) atoms. The van der Waals surface area contributed by atoms with Crippen LogP contribution in [0.3, 0.4) is 0 Å². The SMILES string of the molecule is CC#CC1(Cl)C(CO)[C@@H]([C@H](C)O)O[C@H]1n1cnc2cnc(N)nc21.